The Hall–Kier alpha value is -2.93. The third-order valence-corrected chi connectivity index (χ3v) is 5.49. The van der Waals surface area contributed by atoms with E-state index in [9.17, 15) is 14.0 Å². The van der Waals surface area contributed by atoms with Gasteiger partial charge in [-0.3, -0.25) is 9.59 Å². The Morgan fingerprint density at radius 1 is 1.21 bits per heavy atom. The van der Waals surface area contributed by atoms with Crippen LogP contribution in [0.15, 0.2) is 42.5 Å². The lowest BCUT2D eigenvalue weighted by Gasteiger charge is -2.16. The van der Waals surface area contributed by atoms with Gasteiger partial charge in [0.15, 0.2) is 0 Å². The van der Waals surface area contributed by atoms with Crippen LogP contribution in [-0.2, 0) is 4.74 Å². The quantitative estimate of drug-likeness (QED) is 0.784. The van der Waals surface area contributed by atoms with E-state index in [1.54, 1.807) is 13.2 Å². The molecular weight excluding hydrogens is 375 g/mol. The molecule has 0 radical (unpaired) electrons. The fourth-order valence-corrected chi connectivity index (χ4v) is 3.88. The van der Waals surface area contributed by atoms with Gasteiger partial charge in [0.25, 0.3) is 11.8 Å². The molecule has 152 valence electrons. The van der Waals surface area contributed by atoms with E-state index in [4.69, 9.17) is 9.47 Å². The Labute approximate surface area is 168 Å². The zero-order valence-corrected chi connectivity index (χ0v) is 16.3. The van der Waals surface area contributed by atoms with E-state index in [-0.39, 0.29) is 29.5 Å². The molecule has 6 nitrogen and oxygen atoms in total. The van der Waals surface area contributed by atoms with E-state index in [1.807, 2.05) is 30.3 Å². The number of fused-ring (bicyclic) bond motifs is 1. The van der Waals surface area contributed by atoms with Crippen molar-refractivity contribution in [3.8, 4) is 5.75 Å². The molecule has 4 rings (SSSR count). The molecule has 0 saturated heterocycles. The third kappa shape index (κ3) is 3.58. The van der Waals surface area contributed by atoms with Crippen LogP contribution in [0, 0.1) is 0 Å². The van der Waals surface area contributed by atoms with Gasteiger partial charge in [-0.05, 0) is 24.1 Å². The summed E-state index contributed by atoms with van der Waals surface area (Å²) in [7, 11) is 3.11. The van der Waals surface area contributed by atoms with Crippen molar-refractivity contribution in [2.75, 3.05) is 20.8 Å². The van der Waals surface area contributed by atoms with Gasteiger partial charge in [0, 0.05) is 25.3 Å². The molecule has 2 N–H and O–H groups in total. The van der Waals surface area contributed by atoms with Gasteiger partial charge >= 0.3 is 0 Å². The molecule has 2 aromatic carbocycles. The van der Waals surface area contributed by atoms with Crippen molar-refractivity contribution in [3.05, 3.63) is 64.7 Å². The molecule has 0 bridgehead atoms. The summed E-state index contributed by atoms with van der Waals surface area (Å²) < 4.78 is 24.9. The van der Waals surface area contributed by atoms with Crippen LogP contribution in [0.3, 0.4) is 0 Å². The van der Waals surface area contributed by atoms with Gasteiger partial charge in [-0.15, -0.1) is 0 Å². The van der Waals surface area contributed by atoms with Crippen molar-refractivity contribution >= 4 is 11.8 Å². The molecule has 1 aliphatic carbocycles. The lowest BCUT2D eigenvalue weighted by Crippen LogP contribution is -2.29. The van der Waals surface area contributed by atoms with E-state index in [0.717, 1.165) is 12.0 Å². The minimum absolute atomic E-state index is 0.0168. The number of carbonyl (C=O) groups excluding carboxylic acids is 2. The Morgan fingerprint density at radius 2 is 1.97 bits per heavy atom. The molecule has 1 heterocycles. The number of nitrogens with one attached hydrogen (secondary N) is 2. The fraction of sp³-hybridized carbons (Fsp3) is 0.364. The molecule has 2 aliphatic rings. The number of halogens is 1. The third-order valence-electron chi connectivity index (χ3n) is 5.49. The maximum absolute atomic E-state index is 13.8. The predicted octanol–water partition coefficient (Wildman–Crippen LogP) is 2.43. The highest BCUT2D eigenvalue weighted by Gasteiger charge is 2.41. The zero-order chi connectivity index (χ0) is 20.5. The monoisotopic (exact) mass is 398 g/mol. The van der Waals surface area contributed by atoms with Crippen molar-refractivity contribution < 1.29 is 23.5 Å². The first kappa shape index (κ1) is 19.4. The molecule has 0 spiro atoms. The molecule has 29 heavy (non-hydrogen) atoms. The normalized spacial score (nSPS) is 24.4. The molecule has 2 unspecified atom stereocenters. The van der Waals surface area contributed by atoms with E-state index in [0.29, 0.717) is 16.9 Å². The van der Waals surface area contributed by atoms with Crippen LogP contribution in [0.5, 0.6) is 5.75 Å². The number of benzene rings is 2. The second-order valence-corrected chi connectivity index (χ2v) is 7.31. The largest absolute Gasteiger partial charge is 0.486 e. The van der Waals surface area contributed by atoms with E-state index in [1.165, 1.54) is 13.1 Å². The van der Waals surface area contributed by atoms with E-state index >= 15 is 0 Å². The van der Waals surface area contributed by atoms with Crippen molar-refractivity contribution in [1.29, 1.82) is 0 Å². The molecule has 2 amide bonds. The highest BCUT2D eigenvalue weighted by molar-refractivity contribution is 6.02. The molecule has 7 heteroatoms. The van der Waals surface area contributed by atoms with Crippen LogP contribution in [0.25, 0.3) is 0 Å². The lowest BCUT2D eigenvalue weighted by molar-refractivity contribution is 0.0935. The van der Waals surface area contributed by atoms with Crippen LogP contribution in [-0.4, -0.2) is 50.9 Å². The van der Waals surface area contributed by atoms with Gasteiger partial charge in [0.1, 0.15) is 18.5 Å². The van der Waals surface area contributed by atoms with Crippen LogP contribution < -0.4 is 15.4 Å². The van der Waals surface area contributed by atoms with Gasteiger partial charge in [-0.25, -0.2) is 4.39 Å². The summed E-state index contributed by atoms with van der Waals surface area (Å²) in [5.41, 5.74) is 2.08. The standard InChI is InChI=1S/C22H23FN2O4/c1-24-22(27)15-9-13(21(26)25-16-10-17(16)28-2)8-14-19(12-6-4-3-5-7-12)18(11-23)29-20(14)15/h3-9,16-19H,10-11H2,1-2H3,(H,24,27)(H,25,26)/t16?,17?,18-,19+/m0/s1. The van der Waals surface area contributed by atoms with Crippen LogP contribution >= 0.6 is 0 Å². The number of carbonyl (C=O) groups is 2. The van der Waals surface area contributed by atoms with E-state index in [2.05, 4.69) is 10.6 Å². The molecular formula is C22H23FN2O4. The van der Waals surface area contributed by atoms with Gasteiger partial charge in [0.05, 0.1) is 23.6 Å². The number of alkyl halides is 1. The lowest BCUT2D eigenvalue weighted by atomic mass is 9.86. The zero-order valence-electron chi connectivity index (χ0n) is 16.3. The number of rotatable bonds is 6. The summed E-state index contributed by atoms with van der Waals surface area (Å²) >= 11 is 0. The van der Waals surface area contributed by atoms with Crippen LogP contribution in [0.1, 0.15) is 44.2 Å². The number of hydrogen-bond donors (Lipinski definition) is 2. The van der Waals surface area contributed by atoms with Crippen molar-refractivity contribution in [3.63, 3.8) is 0 Å². The maximum atomic E-state index is 13.8. The Bertz CT molecular complexity index is 934. The van der Waals surface area contributed by atoms with Crippen molar-refractivity contribution in [2.24, 2.45) is 0 Å². The molecule has 1 saturated carbocycles. The second kappa shape index (κ2) is 7.83. The van der Waals surface area contributed by atoms with Crippen molar-refractivity contribution in [2.45, 2.75) is 30.6 Å². The Morgan fingerprint density at radius 3 is 2.59 bits per heavy atom. The van der Waals surface area contributed by atoms with Gasteiger partial charge < -0.3 is 20.1 Å². The first-order chi connectivity index (χ1) is 14.1. The van der Waals surface area contributed by atoms with Crippen LogP contribution in [0.2, 0.25) is 0 Å². The predicted molar refractivity (Wildman–Crippen MR) is 105 cm³/mol. The van der Waals surface area contributed by atoms with Gasteiger partial charge in [-0.2, -0.15) is 0 Å². The molecule has 0 aromatic heterocycles. The number of methoxy groups -OCH3 is 1. The highest BCUT2D eigenvalue weighted by Crippen LogP contribution is 2.45. The Balaban J connectivity index is 1.76. The Kier molecular flexibility index (Phi) is 5.24. The summed E-state index contributed by atoms with van der Waals surface area (Å²) in [6.45, 7) is -0.708. The van der Waals surface area contributed by atoms with Gasteiger partial charge in [-0.1, -0.05) is 30.3 Å². The topological polar surface area (TPSA) is 76.7 Å². The summed E-state index contributed by atoms with van der Waals surface area (Å²) in [4.78, 5) is 25.3. The number of ether oxygens (including phenoxy) is 2. The molecule has 1 fully saturated rings. The SMILES string of the molecule is CNC(=O)c1cc(C(=O)NC2CC2OC)cc2c1O[C@@H](CF)[C@@H]2c1ccccc1. The summed E-state index contributed by atoms with van der Waals surface area (Å²) in [5, 5.41) is 5.49. The average molecular weight is 398 g/mol. The minimum atomic E-state index is -0.754. The fourth-order valence-electron chi connectivity index (χ4n) is 3.88. The average Bonchev–Trinajstić information content (AvgIpc) is 3.40. The maximum Gasteiger partial charge on any atom is 0.254 e. The summed E-state index contributed by atoms with van der Waals surface area (Å²) in [6.07, 6.45) is 0.0216. The number of hydrogen-bond acceptors (Lipinski definition) is 4. The summed E-state index contributed by atoms with van der Waals surface area (Å²) in [5.74, 6) is -0.750. The first-order valence-electron chi connectivity index (χ1n) is 9.58. The van der Waals surface area contributed by atoms with E-state index < -0.39 is 18.7 Å². The highest BCUT2D eigenvalue weighted by atomic mass is 19.1. The number of amides is 2. The summed E-state index contributed by atoms with van der Waals surface area (Å²) in [6, 6.07) is 12.6. The smallest absolute Gasteiger partial charge is 0.254 e. The molecule has 2 aromatic rings. The van der Waals surface area contributed by atoms with Crippen molar-refractivity contribution in [1.82, 2.24) is 10.6 Å². The minimum Gasteiger partial charge on any atom is -0.486 e. The van der Waals surface area contributed by atoms with Crippen LogP contribution in [0.4, 0.5) is 4.39 Å². The van der Waals surface area contributed by atoms with Gasteiger partial charge in [0.2, 0.25) is 0 Å². The molecule has 1 aliphatic heterocycles. The first-order valence-corrected chi connectivity index (χ1v) is 9.58. The molecule has 4 atom stereocenters. The second-order valence-electron chi connectivity index (χ2n) is 7.31.